The number of methoxy groups -OCH3 is 1. The highest BCUT2D eigenvalue weighted by Crippen LogP contribution is 2.11. The number of nitrogens with zero attached hydrogens (tertiary/aromatic N) is 3. The molecule has 6 heteroatoms. The number of hydrogen-bond donors (Lipinski definition) is 1. The first-order valence-electron chi connectivity index (χ1n) is 5.98. The van der Waals surface area contributed by atoms with Crippen LogP contribution in [0.5, 0.6) is 0 Å². The Balaban J connectivity index is 1.94. The summed E-state index contributed by atoms with van der Waals surface area (Å²) < 4.78 is 6.51. The molecular formula is C13H16N4O2. The summed E-state index contributed by atoms with van der Waals surface area (Å²) in [7, 11) is 1.36. The van der Waals surface area contributed by atoms with E-state index in [2.05, 4.69) is 20.1 Å². The number of nitrogens with one attached hydrogen (secondary N) is 1. The highest BCUT2D eigenvalue weighted by molar-refractivity contribution is 5.90. The van der Waals surface area contributed by atoms with Crippen LogP contribution in [-0.2, 0) is 11.3 Å². The molecule has 0 saturated heterocycles. The Morgan fingerprint density at radius 2 is 2.32 bits per heavy atom. The fraction of sp³-hybridized carbons (Fsp3) is 0.308. The zero-order valence-corrected chi connectivity index (χ0v) is 11.0. The molecule has 100 valence electrons. The van der Waals surface area contributed by atoms with Gasteiger partial charge in [-0.3, -0.25) is 4.68 Å². The van der Waals surface area contributed by atoms with Crippen molar-refractivity contribution in [2.45, 2.75) is 13.5 Å². The molecule has 0 spiro atoms. The predicted octanol–water partition coefficient (Wildman–Crippen LogP) is 1.49. The topological polar surface area (TPSA) is 69.0 Å². The third-order valence-electron chi connectivity index (χ3n) is 2.70. The smallest absolute Gasteiger partial charge is 0.339 e. The summed E-state index contributed by atoms with van der Waals surface area (Å²) in [4.78, 5) is 15.7. The fourth-order valence-electron chi connectivity index (χ4n) is 1.72. The van der Waals surface area contributed by atoms with E-state index in [4.69, 9.17) is 0 Å². The first-order valence-corrected chi connectivity index (χ1v) is 5.98. The third-order valence-corrected chi connectivity index (χ3v) is 2.70. The van der Waals surface area contributed by atoms with Crippen molar-refractivity contribution in [2.24, 2.45) is 0 Å². The summed E-state index contributed by atoms with van der Waals surface area (Å²) >= 11 is 0. The summed E-state index contributed by atoms with van der Waals surface area (Å²) in [6.07, 6.45) is 3.65. The molecule has 0 aliphatic heterocycles. The minimum atomic E-state index is -0.368. The number of rotatable bonds is 5. The molecule has 0 saturated carbocycles. The lowest BCUT2D eigenvalue weighted by molar-refractivity contribution is 0.0599. The summed E-state index contributed by atoms with van der Waals surface area (Å²) in [6, 6.07) is 5.36. The number of ether oxygens (including phenoxy) is 1. The predicted molar refractivity (Wildman–Crippen MR) is 71.0 cm³/mol. The van der Waals surface area contributed by atoms with Crippen molar-refractivity contribution >= 4 is 11.8 Å². The van der Waals surface area contributed by atoms with Crippen molar-refractivity contribution in [1.82, 2.24) is 14.8 Å². The lowest BCUT2D eigenvalue weighted by Gasteiger charge is -2.08. The van der Waals surface area contributed by atoms with Gasteiger partial charge in [0.05, 0.1) is 24.9 Å². The van der Waals surface area contributed by atoms with Crippen molar-refractivity contribution in [3.8, 4) is 0 Å². The van der Waals surface area contributed by atoms with Crippen LogP contribution in [0.15, 0.2) is 30.6 Å². The maximum atomic E-state index is 11.4. The minimum Gasteiger partial charge on any atom is -0.465 e. The number of carbonyl (C=O) groups is 1. The molecule has 2 aromatic heterocycles. The van der Waals surface area contributed by atoms with Gasteiger partial charge >= 0.3 is 5.97 Å². The largest absolute Gasteiger partial charge is 0.465 e. The summed E-state index contributed by atoms with van der Waals surface area (Å²) in [5, 5.41) is 7.29. The second-order valence-electron chi connectivity index (χ2n) is 4.02. The van der Waals surface area contributed by atoms with E-state index in [1.54, 1.807) is 25.3 Å². The molecule has 0 bridgehead atoms. The van der Waals surface area contributed by atoms with Gasteiger partial charge in [-0.1, -0.05) is 0 Å². The van der Waals surface area contributed by atoms with E-state index in [1.165, 1.54) is 7.11 Å². The van der Waals surface area contributed by atoms with Crippen molar-refractivity contribution in [3.05, 3.63) is 41.9 Å². The van der Waals surface area contributed by atoms with Gasteiger partial charge < -0.3 is 10.1 Å². The van der Waals surface area contributed by atoms with Gasteiger partial charge in [-0.15, -0.1) is 0 Å². The first kappa shape index (κ1) is 13.1. The monoisotopic (exact) mass is 260 g/mol. The lowest BCUT2D eigenvalue weighted by Crippen LogP contribution is -2.13. The molecule has 0 radical (unpaired) electrons. The van der Waals surface area contributed by atoms with Crippen LogP contribution in [-0.4, -0.2) is 34.4 Å². The SMILES string of the molecule is COC(=O)c1ccc(NCCn2cccn2)nc1C. The van der Waals surface area contributed by atoms with Gasteiger partial charge in [-0.2, -0.15) is 5.10 Å². The molecule has 0 atom stereocenters. The Morgan fingerprint density at radius 3 is 2.95 bits per heavy atom. The van der Waals surface area contributed by atoms with Crippen molar-refractivity contribution in [3.63, 3.8) is 0 Å². The molecule has 2 aromatic rings. The van der Waals surface area contributed by atoms with Crippen LogP contribution in [0.4, 0.5) is 5.82 Å². The van der Waals surface area contributed by atoms with Crippen LogP contribution in [0.3, 0.4) is 0 Å². The van der Waals surface area contributed by atoms with Gasteiger partial charge in [0.25, 0.3) is 0 Å². The van der Waals surface area contributed by atoms with Crippen LogP contribution in [0.1, 0.15) is 16.1 Å². The van der Waals surface area contributed by atoms with Crippen LogP contribution in [0, 0.1) is 6.92 Å². The van der Waals surface area contributed by atoms with Gasteiger partial charge in [0.15, 0.2) is 0 Å². The van der Waals surface area contributed by atoms with E-state index in [-0.39, 0.29) is 5.97 Å². The Hall–Kier alpha value is -2.37. The third kappa shape index (κ3) is 3.31. The second kappa shape index (κ2) is 5.99. The molecule has 0 unspecified atom stereocenters. The molecule has 0 amide bonds. The minimum absolute atomic E-state index is 0.368. The normalized spacial score (nSPS) is 10.2. The van der Waals surface area contributed by atoms with E-state index < -0.39 is 0 Å². The van der Waals surface area contributed by atoms with E-state index in [1.807, 2.05) is 16.9 Å². The zero-order chi connectivity index (χ0) is 13.7. The summed E-state index contributed by atoms with van der Waals surface area (Å²) in [5.74, 6) is 0.366. The van der Waals surface area contributed by atoms with Gasteiger partial charge in [-0.25, -0.2) is 9.78 Å². The lowest BCUT2D eigenvalue weighted by atomic mass is 10.2. The number of hydrogen-bond acceptors (Lipinski definition) is 5. The van der Waals surface area contributed by atoms with Crippen LogP contribution in [0.2, 0.25) is 0 Å². The van der Waals surface area contributed by atoms with Crippen LogP contribution in [0.25, 0.3) is 0 Å². The Kier molecular flexibility index (Phi) is 4.12. The molecule has 0 aliphatic carbocycles. The Morgan fingerprint density at radius 1 is 1.47 bits per heavy atom. The van der Waals surface area contributed by atoms with Crippen molar-refractivity contribution in [1.29, 1.82) is 0 Å². The summed E-state index contributed by atoms with van der Waals surface area (Å²) in [6.45, 7) is 3.25. The van der Waals surface area contributed by atoms with Crippen LogP contribution >= 0.6 is 0 Å². The standard InChI is InChI=1S/C13H16N4O2/c1-10-11(13(18)19-2)4-5-12(16-10)14-7-9-17-8-3-6-15-17/h3-6,8H,7,9H2,1-2H3,(H,14,16). The Labute approximate surface area is 111 Å². The molecule has 1 N–H and O–H groups in total. The molecule has 19 heavy (non-hydrogen) atoms. The van der Waals surface area contributed by atoms with Crippen molar-refractivity contribution < 1.29 is 9.53 Å². The maximum absolute atomic E-state index is 11.4. The highest BCUT2D eigenvalue weighted by Gasteiger charge is 2.10. The fourth-order valence-corrected chi connectivity index (χ4v) is 1.72. The highest BCUT2D eigenvalue weighted by atomic mass is 16.5. The van der Waals surface area contributed by atoms with Gasteiger partial charge in [0, 0.05) is 18.9 Å². The van der Waals surface area contributed by atoms with E-state index in [0.29, 0.717) is 17.8 Å². The molecule has 0 aromatic carbocycles. The summed E-state index contributed by atoms with van der Waals surface area (Å²) in [5.41, 5.74) is 1.14. The van der Waals surface area contributed by atoms with Crippen LogP contribution < -0.4 is 5.32 Å². The second-order valence-corrected chi connectivity index (χ2v) is 4.02. The van der Waals surface area contributed by atoms with E-state index >= 15 is 0 Å². The number of esters is 1. The molecule has 2 rings (SSSR count). The van der Waals surface area contributed by atoms with E-state index in [0.717, 1.165) is 12.4 Å². The first-order chi connectivity index (χ1) is 9.20. The Bertz CT molecular complexity index is 552. The maximum Gasteiger partial charge on any atom is 0.339 e. The average molecular weight is 260 g/mol. The molecule has 2 heterocycles. The number of aromatic nitrogens is 3. The zero-order valence-electron chi connectivity index (χ0n) is 11.0. The number of pyridine rings is 1. The van der Waals surface area contributed by atoms with Gasteiger partial charge in [0.2, 0.25) is 0 Å². The molecule has 0 aliphatic rings. The average Bonchev–Trinajstić information content (AvgIpc) is 2.91. The molecular weight excluding hydrogens is 244 g/mol. The number of anilines is 1. The number of aryl methyl sites for hydroxylation is 1. The van der Waals surface area contributed by atoms with E-state index in [9.17, 15) is 4.79 Å². The molecule has 0 fully saturated rings. The molecule has 6 nitrogen and oxygen atoms in total. The van der Waals surface area contributed by atoms with Gasteiger partial charge in [-0.05, 0) is 25.1 Å². The van der Waals surface area contributed by atoms with Crippen molar-refractivity contribution in [2.75, 3.05) is 19.0 Å². The van der Waals surface area contributed by atoms with Gasteiger partial charge in [0.1, 0.15) is 5.82 Å². The quantitative estimate of drug-likeness (QED) is 0.825. The number of carbonyl (C=O) groups excluding carboxylic acids is 1.